The van der Waals surface area contributed by atoms with Crippen LogP contribution in [0.2, 0.25) is 0 Å². The Balaban J connectivity index is 2.04. The number of anilines is 1. The van der Waals surface area contributed by atoms with E-state index < -0.39 is 0 Å². The average molecular weight is 257 g/mol. The Morgan fingerprint density at radius 3 is 2.79 bits per heavy atom. The lowest BCUT2D eigenvalue weighted by Gasteiger charge is -2.09. The zero-order chi connectivity index (χ0) is 13.6. The maximum atomic E-state index is 6.01. The maximum Gasteiger partial charge on any atom is 0.182 e. The second-order valence-corrected chi connectivity index (χ2v) is 5.44. The molecule has 0 spiro atoms. The fourth-order valence-electron chi connectivity index (χ4n) is 2.67. The highest BCUT2D eigenvalue weighted by molar-refractivity contribution is 5.67. The first-order valence-corrected chi connectivity index (χ1v) is 6.76. The molecular weight excluding hydrogens is 238 g/mol. The van der Waals surface area contributed by atoms with Crippen LogP contribution in [-0.2, 0) is 0 Å². The van der Waals surface area contributed by atoms with Crippen molar-refractivity contribution in [1.82, 2.24) is 20.2 Å². The van der Waals surface area contributed by atoms with Gasteiger partial charge in [-0.2, -0.15) is 0 Å². The van der Waals surface area contributed by atoms with Gasteiger partial charge < -0.3 is 5.73 Å². The normalized spacial score (nSPS) is 21.6. The van der Waals surface area contributed by atoms with E-state index in [0.29, 0.717) is 12.0 Å². The Hall–Kier alpha value is -1.91. The number of benzene rings is 1. The van der Waals surface area contributed by atoms with Gasteiger partial charge in [0.2, 0.25) is 0 Å². The second kappa shape index (κ2) is 4.33. The summed E-state index contributed by atoms with van der Waals surface area (Å²) in [5.74, 6) is 1.55. The molecule has 1 heterocycles. The molecule has 5 heteroatoms. The molecule has 100 valence electrons. The predicted molar refractivity (Wildman–Crippen MR) is 74.6 cm³/mol. The molecule has 1 aliphatic rings. The third-order valence-corrected chi connectivity index (χ3v) is 4.07. The molecule has 0 saturated heterocycles. The Morgan fingerprint density at radius 1 is 1.32 bits per heavy atom. The summed E-state index contributed by atoms with van der Waals surface area (Å²) in [7, 11) is 0. The number of nitrogens with zero attached hydrogens (tertiary/aromatic N) is 4. The molecule has 1 aromatic carbocycles. The molecule has 0 bridgehead atoms. The lowest BCUT2D eigenvalue weighted by molar-refractivity contribution is 0.563. The van der Waals surface area contributed by atoms with Gasteiger partial charge in [-0.05, 0) is 53.8 Å². The van der Waals surface area contributed by atoms with Crippen molar-refractivity contribution >= 4 is 5.69 Å². The summed E-state index contributed by atoms with van der Waals surface area (Å²) in [6, 6.07) is 4.53. The third-order valence-electron chi connectivity index (χ3n) is 4.07. The van der Waals surface area contributed by atoms with Gasteiger partial charge >= 0.3 is 0 Å². The van der Waals surface area contributed by atoms with Crippen molar-refractivity contribution in [3.63, 3.8) is 0 Å². The predicted octanol–water partition coefficient (Wildman–Crippen LogP) is 2.51. The van der Waals surface area contributed by atoms with E-state index in [0.717, 1.165) is 28.2 Å². The molecule has 5 nitrogen and oxygen atoms in total. The molecule has 1 aliphatic carbocycles. The highest BCUT2D eigenvalue weighted by Crippen LogP contribution is 2.46. The van der Waals surface area contributed by atoms with Crippen molar-refractivity contribution in [2.24, 2.45) is 5.92 Å². The molecule has 0 aliphatic heterocycles. The van der Waals surface area contributed by atoms with Crippen LogP contribution in [0.25, 0.3) is 11.4 Å². The molecular formula is C14H19N5. The molecule has 2 unspecified atom stereocenters. The van der Waals surface area contributed by atoms with Gasteiger partial charge in [0, 0.05) is 11.3 Å². The molecule has 0 radical (unpaired) electrons. The number of nitrogen functional groups attached to an aromatic ring is 1. The second-order valence-electron chi connectivity index (χ2n) is 5.44. The minimum absolute atomic E-state index is 0.455. The first-order chi connectivity index (χ1) is 9.11. The lowest BCUT2D eigenvalue weighted by Crippen LogP contribution is -2.03. The van der Waals surface area contributed by atoms with Crippen LogP contribution in [0, 0.1) is 19.8 Å². The summed E-state index contributed by atoms with van der Waals surface area (Å²) in [4.78, 5) is 0. The molecule has 1 aromatic heterocycles. The van der Waals surface area contributed by atoms with Gasteiger partial charge in [0.05, 0.1) is 6.04 Å². The summed E-state index contributed by atoms with van der Waals surface area (Å²) >= 11 is 0. The largest absolute Gasteiger partial charge is 0.398 e. The van der Waals surface area contributed by atoms with Crippen LogP contribution in [-0.4, -0.2) is 20.2 Å². The minimum atomic E-state index is 0.455. The summed E-state index contributed by atoms with van der Waals surface area (Å²) in [5.41, 5.74) is 10.1. The summed E-state index contributed by atoms with van der Waals surface area (Å²) in [6.45, 7) is 6.30. The van der Waals surface area contributed by atoms with Gasteiger partial charge in [-0.1, -0.05) is 19.4 Å². The standard InChI is InChI=1S/C14H19N5/c1-4-10-6-13(10)19-14(16-17-18-19)11-7-12(15)9(3)5-8(11)2/h5,7,10,13H,4,6,15H2,1-3H3. The van der Waals surface area contributed by atoms with Crippen LogP contribution in [0.15, 0.2) is 12.1 Å². The van der Waals surface area contributed by atoms with E-state index in [9.17, 15) is 0 Å². The van der Waals surface area contributed by atoms with E-state index in [2.05, 4.69) is 35.4 Å². The highest BCUT2D eigenvalue weighted by atomic mass is 15.6. The van der Waals surface area contributed by atoms with Crippen molar-refractivity contribution < 1.29 is 0 Å². The van der Waals surface area contributed by atoms with Gasteiger partial charge in [0.1, 0.15) is 0 Å². The van der Waals surface area contributed by atoms with Crippen molar-refractivity contribution in [1.29, 1.82) is 0 Å². The quantitative estimate of drug-likeness (QED) is 0.858. The number of tetrazole rings is 1. The Kier molecular flexibility index (Phi) is 2.77. The van der Waals surface area contributed by atoms with Crippen LogP contribution in [0.3, 0.4) is 0 Å². The van der Waals surface area contributed by atoms with Crippen LogP contribution in [0.5, 0.6) is 0 Å². The third kappa shape index (κ3) is 1.99. The Bertz CT molecular complexity index is 616. The SMILES string of the molecule is CCC1CC1n1nnnc1-c1cc(N)c(C)cc1C. The first kappa shape index (κ1) is 12.1. The zero-order valence-corrected chi connectivity index (χ0v) is 11.6. The molecule has 2 N–H and O–H groups in total. The number of hydrogen-bond acceptors (Lipinski definition) is 4. The first-order valence-electron chi connectivity index (χ1n) is 6.76. The van der Waals surface area contributed by atoms with E-state index in [1.165, 1.54) is 12.8 Å². The molecule has 2 atom stereocenters. The molecule has 3 rings (SSSR count). The zero-order valence-electron chi connectivity index (χ0n) is 11.6. The van der Waals surface area contributed by atoms with Gasteiger partial charge in [-0.15, -0.1) is 5.10 Å². The smallest absolute Gasteiger partial charge is 0.182 e. The monoisotopic (exact) mass is 257 g/mol. The highest BCUT2D eigenvalue weighted by Gasteiger charge is 2.39. The summed E-state index contributed by atoms with van der Waals surface area (Å²) in [5, 5.41) is 12.2. The van der Waals surface area contributed by atoms with Crippen LogP contribution >= 0.6 is 0 Å². The minimum Gasteiger partial charge on any atom is -0.398 e. The molecule has 1 saturated carbocycles. The average Bonchev–Trinajstić information content (AvgIpc) is 3.02. The fraction of sp³-hybridized carbons (Fsp3) is 0.500. The van der Waals surface area contributed by atoms with Gasteiger partial charge in [-0.3, -0.25) is 0 Å². The van der Waals surface area contributed by atoms with E-state index in [4.69, 9.17) is 5.73 Å². The summed E-state index contributed by atoms with van der Waals surface area (Å²) < 4.78 is 1.96. The number of rotatable bonds is 3. The molecule has 2 aromatic rings. The number of aromatic nitrogens is 4. The van der Waals surface area contributed by atoms with Crippen molar-refractivity contribution in [3.8, 4) is 11.4 Å². The van der Waals surface area contributed by atoms with E-state index in [-0.39, 0.29) is 0 Å². The van der Waals surface area contributed by atoms with Gasteiger partial charge in [0.25, 0.3) is 0 Å². The summed E-state index contributed by atoms with van der Waals surface area (Å²) in [6.07, 6.45) is 2.36. The lowest BCUT2D eigenvalue weighted by atomic mass is 10.0. The molecule has 19 heavy (non-hydrogen) atoms. The molecule has 1 fully saturated rings. The number of aryl methyl sites for hydroxylation is 2. The number of hydrogen-bond donors (Lipinski definition) is 1. The number of nitrogens with two attached hydrogens (primary N) is 1. The van der Waals surface area contributed by atoms with E-state index in [1.807, 2.05) is 17.7 Å². The van der Waals surface area contributed by atoms with E-state index in [1.54, 1.807) is 0 Å². The van der Waals surface area contributed by atoms with Crippen LogP contribution in [0.4, 0.5) is 5.69 Å². The van der Waals surface area contributed by atoms with Crippen molar-refractivity contribution in [2.45, 2.75) is 39.7 Å². The topological polar surface area (TPSA) is 69.6 Å². The Labute approximate surface area is 112 Å². The van der Waals surface area contributed by atoms with E-state index >= 15 is 0 Å². The van der Waals surface area contributed by atoms with Crippen LogP contribution < -0.4 is 5.73 Å². The van der Waals surface area contributed by atoms with Gasteiger partial charge in [-0.25, -0.2) is 4.68 Å². The molecule has 0 amide bonds. The van der Waals surface area contributed by atoms with Crippen molar-refractivity contribution in [3.05, 3.63) is 23.3 Å². The maximum absolute atomic E-state index is 6.01. The fourth-order valence-corrected chi connectivity index (χ4v) is 2.67. The Morgan fingerprint density at radius 2 is 2.11 bits per heavy atom. The van der Waals surface area contributed by atoms with Crippen LogP contribution in [0.1, 0.15) is 36.9 Å². The van der Waals surface area contributed by atoms with Crippen molar-refractivity contribution in [2.75, 3.05) is 5.73 Å². The van der Waals surface area contributed by atoms with Gasteiger partial charge in [0.15, 0.2) is 5.82 Å².